The second-order valence-corrected chi connectivity index (χ2v) is 2.83. The average molecular weight is 203 g/mol. The van der Waals surface area contributed by atoms with E-state index in [0.29, 0.717) is 0 Å². The first-order valence-corrected chi connectivity index (χ1v) is 3.85. The predicted octanol–water partition coefficient (Wildman–Crippen LogP) is 0.533. The minimum absolute atomic E-state index is 0.0937. The molecule has 0 spiro atoms. The predicted molar refractivity (Wildman–Crippen MR) is 39.9 cm³/mol. The maximum Gasteiger partial charge on any atom is 0.441 e. The quantitative estimate of drug-likeness (QED) is 0.271. The van der Waals surface area contributed by atoms with Gasteiger partial charge in [-0.15, -0.1) is 0 Å². The van der Waals surface area contributed by atoms with Crippen molar-refractivity contribution in [2.24, 2.45) is 10.7 Å². The van der Waals surface area contributed by atoms with E-state index in [4.69, 9.17) is 10.9 Å². The van der Waals surface area contributed by atoms with E-state index in [1.54, 1.807) is 0 Å². The normalized spacial score (nSPS) is 13.2. The number of thioether (sulfide) groups is 1. The first-order chi connectivity index (χ1) is 5.45. The topological polar surface area (TPSA) is 70.6 Å². The largest absolute Gasteiger partial charge is 0.441 e. The zero-order valence-electron chi connectivity index (χ0n) is 5.93. The Morgan fingerprint density at radius 3 is 2.58 bits per heavy atom. The highest BCUT2D eigenvalue weighted by Crippen LogP contribution is 2.29. The molecule has 0 radical (unpaired) electrons. The van der Waals surface area contributed by atoms with E-state index in [-0.39, 0.29) is 30.0 Å². The fourth-order valence-electron chi connectivity index (χ4n) is 0.363. The van der Waals surface area contributed by atoms with E-state index in [1.165, 1.54) is 5.48 Å². The Kier molecular flexibility index (Phi) is 4.83. The third-order valence-corrected chi connectivity index (χ3v) is 1.47. The van der Waals surface area contributed by atoms with Crippen molar-refractivity contribution in [1.82, 2.24) is 5.48 Å². The molecule has 0 bridgehead atoms. The summed E-state index contributed by atoms with van der Waals surface area (Å²) in [5.74, 6) is -0.510. The van der Waals surface area contributed by atoms with E-state index < -0.39 is 5.51 Å². The van der Waals surface area contributed by atoms with Crippen LogP contribution >= 0.6 is 11.8 Å². The van der Waals surface area contributed by atoms with Crippen molar-refractivity contribution in [2.45, 2.75) is 5.51 Å². The maximum atomic E-state index is 11.5. The Bertz CT molecular complexity index is 160. The molecule has 12 heavy (non-hydrogen) atoms. The van der Waals surface area contributed by atoms with Crippen molar-refractivity contribution >= 4 is 17.7 Å². The van der Waals surface area contributed by atoms with Crippen molar-refractivity contribution in [2.75, 3.05) is 12.3 Å². The molecule has 0 aliphatic carbocycles. The molecule has 0 atom stereocenters. The monoisotopic (exact) mass is 203 g/mol. The van der Waals surface area contributed by atoms with Gasteiger partial charge in [0.1, 0.15) is 0 Å². The first-order valence-electron chi connectivity index (χ1n) is 2.86. The SMILES string of the molecule is NC(=NCCSC(F)(F)F)NO. The van der Waals surface area contributed by atoms with Gasteiger partial charge in [0, 0.05) is 5.75 Å². The summed E-state index contributed by atoms with van der Waals surface area (Å²) in [6.07, 6.45) is 0. The molecule has 0 aromatic rings. The van der Waals surface area contributed by atoms with Crippen molar-refractivity contribution in [3.05, 3.63) is 0 Å². The molecule has 72 valence electrons. The Labute approximate surface area is 71.0 Å². The fraction of sp³-hybridized carbons (Fsp3) is 0.750. The molecule has 4 N–H and O–H groups in total. The molecule has 0 aliphatic rings. The van der Waals surface area contributed by atoms with Crippen molar-refractivity contribution in [3.63, 3.8) is 0 Å². The maximum absolute atomic E-state index is 11.5. The van der Waals surface area contributed by atoms with E-state index in [9.17, 15) is 13.2 Å². The molecule has 0 fully saturated rings. The van der Waals surface area contributed by atoms with E-state index in [1.807, 2.05) is 0 Å². The smallest absolute Gasteiger partial charge is 0.368 e. The molecular formula is C4H8F3N3OS. The number of hydrogen-bond donors (Lipinski definition) is 3. The van der Waals surface area contributed by atoms with Crippen molar-refractivity contribution < 1.29 is 18.4 Å². The van der Waals surface area contributed by atoms with Gasteiger partial charge in [-0.2, -0.15) is 13.2 Å². The number of rotatable bonds is 3. The first kappa shape index (κ1) is 11.4. The molecule has 0 aliphatic heterocycles. The van der Waals surface area contributed by atoms with Crippen LogP contribution in [-0.4, -0.2) is 29.0 Å². The van der Waals surface area contributed by atoms with Crippen LogP contribution in [-0.2, 0) is 0 Å². The number of aliphatic imine (C=N–C) groups is 1. The van der Waals surface area contributed by atoms with Crippen molar-refractivity contribution in [1.29, 1.82) is 0 Å². The molecule has 0 amide bonds. The van der Waals surface area contributed by atoms with E-state index >= 15 is 0 Å². The molecule has 0 aromatic carbocycles. The van der Waals surface area contributed by atoms with Gasteiger partial charge in [-0.1, -0.05) is 0 Å². The van der Waals surface area contributed by atoms with Crippen molar-refractivity contribution in [3.8, 4) is 0 Å². The number of hydroxylamine groups is 1. The number of nitrogens with one attached hydrogen (secondary N) is 1. The highest BCUT2D eigenvalue weighted by Gasteiger charge is 2.27. The number of halogens is 3. The van der Waals surface area contributed by atoms with Gasteiger partial charge in [-0.05, 0) is 11.8 Å². The summed E-state index contributed by atoms with van der Waals surface area (Å²) in [5.41, 5.74) is 2.18. The zero-order chi connectivity index (χ0) is 9.61. The van der Waals surface area contributed by atoms with Gasteiger partial charge in [0.15, 0.2) is 0 Å². The van der Waals surface area contributed by atoms with Gasteiger partial charge in [-0.3, -0.25) is 10.2 Å². The summed E-state index contributed by atoms with van der Waals surface area (Å²) in [6.45, 7) is -0.0937. The Morgan fingerprint density at radius 1 is 1.58 bits per heavy atom. The zero-order valence-corrected chi connectivity index (χ0v) is 6.74. The third kappa shape index (κ3) is 7.48. The van der Waals surface area contributed by atoms with E-state index in [2.05, 4.69) is 4.99 Å². The van der Waals surface area contributed by atoms with Gasteiger partial charge in [-0.25, -0.2) is 5.48 Å². The van der Waals surface area contributed by atoms with Gasteiger partial charge < -0.3 is 5.73 Å². The molecule has 0 rings (SSSR count). The lowest BCUT2D eigenvalue weighted by Gasteiger charge is -2.03. The number of alkyl halides is 3. The second kappa shape index (κ2) is 5.09. The number of hydrogen-bond acceptors (Lipinski definition) is 3. The summed E-state index contributed by atoms with van der Waals surface area (Å²) >= 11 is -0.186. The third-order valence-electron chi connectivity index (χ3n) is 0.754. The molecule has 8 heteroatoms. The summed E-state index contributed by atoms with van der Waals surface area (Å²) in [7, 11) is 0. The minimum Gasteiger partial charge on any atom is -0.368 e. The number of nitrogens with two attached hydrogens (primary N) is 1. The van der Waals surface area contributed by atoms with Crippen LogP contribution in [0.2, 0.25) is 0 Å². The second-order valence-electron chi connectivity index (χ2n) is 1.67. The minimum atomic E-state index is -4.24. The Morgan fingerprint density at radius 2 is 2.17 bits per heavy atom. The molecule has 4 nitrogen and oxygen atoms in total. The fourth-order valence-corrected chi connectivity index (χ4v) is 0.777. The van der Waals surface area contributed by atoms with Crippen LogP contribution < -0.4 is 11.2 Å². The summed E-state index contributed by atoms with van der Waals surface area (Å²) in [6, 6.07) is 0. The molecule has 0 aromatic heterocycles. The summed E-state index contributed by atoms with van der Waals surface area (Å²) < 4.78 is 34.4. The van der Waals surface area contributed by atoms with Crippen LogP contribution in [0.15, 0.2) is 4.99 Å². The number of nitrogens with zero attached hydrogens (tertiary/aromatic N) is 1. The van der Waals surface area contributed by atoms with Crippen LogP contribution in [0.1, 0.15) is 0 Å². The summed E-state index contributed by atoms with van der Waals surface area (Å²) in [4.78, 5) is 3.36. The lowest BCUT2D eigenvalue weighted by Crippen LogP contribution is -2.28. The average Bonchev–Trinajstić information content (AvgIpc) is 1.96. The molecule has 0 saturated heterocycles. The lowest BCUT2D eigenvalue weighted by molar-refractivity contribution is -0.0327. The number of guanidine groups is 1. The van der Waals surface area contributed by atoms with Crippen LogP contribution in [0.5, 0.6) is 0 Å². The highest BCUT2D eigenvalue weighted by molar-refractivity contribution is 8.00. The Balaban J connectivity index is 3.45. The van der Waals surface area contributed by atoms with Crippen LogP contribution in [0.25, 0.3) is 0 Å². The Hall–Kier alpha value is -0.630. The summed E-state index contributed by atoms with van der Waals surface area (Å²) in [5, 5.41) is 8.06. The van der Waals surface area contributed by atoms with Gasteiger partial charge in [0.25, 0.3) is 0 Å². The van der Waals surface area contributed by atoms with Crippen LogP contribution in [0.3, 0.4) is 0 Å². The highest BCUT2D eigenvalue weighted by atomic mass is 32.2. The van der Waals surface area contributed by atoms with Gasteiger partial charge in [0.2, 0.25) is 5.96 Å². The van der Waals surface area contributed by atoms with Gasteiger partial charge in [0.05, 0.1) is 6.54 Å². The van der Waals surface area contributed by atoms with Crippen LogP contribution in [0.4, 0.5) is 13.2 Å². The standard InChI is InChI=1S/C4H8F3N3OS/c5-4(6,7)12-2-1-9-3(8)10-11/h11H,1-2H2,(H3,8,9,10). The lowest BCUT2D eigenvalue weighted by atomic mass is 10.8. The molecular weight excluding hydrogens is 195 g/mol. The molecule has 0 unspecified atom stereocenters. The van der Waals surface area contributed by atoms with Gasteiger partial charge >= 0.3 is 5.51 Å². The molecule has 0 saturated carbocycles. The van der Waals surface area contributed by atoms with E-state index in [0.717, 1.165) is 0 Å². The molecule has 0 heterocycles. The van der Waals surface area contributed by atoms with Crippen LogP contribution in [0, 0.1) is 0 Å².